The van der Waals surface area contributed by atoms with Crippen molar-refractivity contribution in [1.29, 1.82) is 0 Å². The molecule has 1 aliphatic rings. The summed E-state index contributed by atoms with van der Waals surface area (Å²) in [5, 5.41) is 4.81. The van der Waals surface area contributed by atoms with Gasteiger partial charge in [-0.05, 0) is 26.2 Å². The average Bonchev–Trinajstić information content (AvgIpc) is 2.70. The van der Waals surface area contributed by atoms with Crippen LogP contribution in [-0.4, -0.2) is 24.2 Å². The Morgan fingerprint density at radius 2 is 2.38 bits per heavy atom. The van der Waals surface area contributed by atoms with Gasteiger partial charge < -0.3 is 10.1 Å². The minimum Gasteiger partial charge on any atom is -0.381 e. The molecule has 90 valence electrons. The molecule has 1 heterocycles. The van der Waals surface area contributed by atoms with Crippen molar-refractivity contribution in [3.05, 3.63) is 16.1 Å². The van der Waals surface area contributed by atoms with Crippen molar-refractivity contribution >= 4 is 11.3 Å². The van der Waals surface area contributed by atoms with Crippen LogP contribution in [0.1, 0.15) is 42.6 Å². The highest BCUT2D eigenvalue weighted by molar-refractivity contribution is 7.11. The Bertz CT molecular complexity index is 334. The Kier molecular flexibility index (Phi) is 3.95. The van der Waals surface area contributed by atoms with E-state index in [0.29, 0.717) is 18.2 Å². The highest BCUT2D eigenvalue weighted by Crippen LogP contribution is 2.27. The van der Waals surface area contributed by atoms with Gasteiger partial charge in [0.2, 0.25) is 0 Å². The van der Waals surface area contributed by atoms with Gasteiger partial charge in [0.15, 0.2) is 0 Å². The predicted octanol–water partition coefficient (Wildman–Crippen LogP) is 2.53. The summed E-state index contributed by atoms with van der Waals surface area (Å²) < 4.78 is 5.27. The van der Waals surface area contributed by atoms with Crippen LogP contribution >= 0.6 is 11.3 Å². The minimum atomic E-state index is 0.369. The first-order valence-corrected chi connectivity index (χ1v) is 6.78. The second-order valence-electron chi connectivity index (χ2n) is 4.43. The van der Waals surface area contributed by atoms with E-state index in [1.165, 1.54) is 9.88 Å². The van der Waals surface area contributed by atoms with Gasteiger partial charge in [0.25, 0.3) is 0 Å². The van der Waals surface area contributed by atoms with Gasteiger partial charge in [0, 0.05) is 24.2 Å². The monoisotopic (exact) mass is 240 g/mol. The number of rotatable bonds is 5. The molecule has 0 radical (unpaired) electrons. The van der Waals surface area contributed by atoms with Crippen LogP contribution in [-0.2, 0) is 11.2 Å². The number of thiazole rings is 1. The van der Waals surface area contributed by atoms with Crippen molar-refractivity contribution in [2.75, 3.05) is 7.11 Å². The molecule has 0 bridgehead atoms. The Morgan fingerprint density at radius 3 is 2.94 bits per heavy atom. The van der Waals surface area contributed by atoms with Crippen molar-refractivity contribution in [3.63, 3.8) is 0 Å². The molecule has 1 aromatic rings. The summed E-state index contributed by atoms with van der Waals surface area (Å²) in [7, 11) is 1.79. The lowest BCUT2D eigenvalue weighted by Crippen LogP contribution is -2.45. The Hall–Kier alpha value is -0.450. The lowest BCUT2D eigenvalue weighted by atomic mass is 9.89. The topological polar surface area (TPSA) is 34.2 Å². The number of ether oxygens (including phenoxy) is 1. The van der Waals surface area contributed by atoms with Crippen LogP contribution in [0.4, 0.5) is 0 Å². The molecule has 16 heavy (non-hydrogen) atoms. The normalized spacial score (nSPS) is 26.4. The van der Waals surface area contributed by atoms with Crippen molar-refractivity contribution in [2.24, 2.45) is 0 Å². The van der Waals surface area contributed by atoms with Crippen molar-refractivity contribution < 1.29 is 4.74 Å². The van der Waals surface area contributed by atoms with E-state index in [-0.39, 0.29) is 0 Å². The smallest absolute Gasteiger partial charge is 0.109 e. The quantitative estimate of drug-likeness (QED) is 0.859. The number of methoxy groups -OCH3 is 1. The number of nitrogens with one attached hydrogen (secondary N) is 1. The van der Waals surface area contributed by atoms with Gasteiger partial charge in [0.05, 0.1) is 12.1 Å². The first-order chi connectivity index (χ1) is 7.72. The molecule has 1 unspecified atom stereocenters. The van der Waals surface area contributed by atoms with Gasteiger partial charge in [-0.25, -0.2) is 4.98 Å². The third-order valence-electron chi connectivity index (χ3n) is 3.20. The maximum absolute atomic E-state index is 5.27. The SMILES string of the molecule is CCc1cnc(C(C)NC2CC(OC)C2)s1. The second-order valence-corrected chi connectivity index (χ2v) is 5.58. The maximum Gasteiger partial charge on any atom is 0.109 e. The lowest BCUT2D eigenvalue weighted by Gasteiger charge is -2.36. The van der Waals surface area contributed by atoms with E-state index in [9.17, 15) is 0 Å². The summed E-state index contributed by atoms with van der Waals surface area (Å²) in [6, 6.07) is 0.974. The Morgan fingerprint density at radius 1 is 1.62 bits per heavy atom. The molecular formula is C12H20N2OS. The van der Waals surface area contributed by atoms with Gasteiger partial charge in [-0.15, -0.1) is 11.3 Å². The lowest BCUT2D eigenvalue weighted by molar-refractivity contribution is 0.0147. The molecule has 1 fully saturated rings. The molecule has 0 aliphatic heterocycles. The van der Waals surface area contributed by atoms with Crippen LogP contribution in [0.5, 0.6) is 0 Å². The molecule has 3 nitrogen and oxygen atoms in total. The Balaban J connectivity index is 1.82. The summed E-state index contributed by atoms with van der Waals surface area (Å²) >= 11 is 1.82. The number of aromatic nitrogens is 1. The predicted molar refractivity (Wildman–Crippen MR) is 66.9 cm³/mol. The van der Waals surface area contributed by atoms with E-state index in [0.717, 1.165) is 19.3 Å². The van der Waals surface area contributed by atoms with Gasteiger partial charge in [-0.1, -0.05) is 6.92 Å². The molecule has 0 amide bonds. The van der Waals surface area contributed by atoms with Crippen LogP contribution in [0.3, 0.4) is 0 Å². The third-order valence-corrected chi connectivity index (χ3v) is 4.53. The third kappa shape index (κ3) is 2.62. The molecule has 0 saturated heterocycles. The molecule has 1 saturated carbocycles. The molecular weight excluding hydrogens is 220 g/mol. The van der Waals surface area contributed by atoms with Crippen molar-refractivity contribution in [2.45, 2.75) is 51.3 Å². The fourth-order valence-corrected chi connectivity index (χ4v) is 2.87. The standard InChI is InChI=1S/C12H20N2OS/c1-4-11-7-13-12(16-11)8(2)14-9-5-10(6-9)15-3/h7-10,14H,4-6H2,1-3H3. The van der Waals surface area contributed by atoms with Crippen molar-refractivity contribution in [1.82, 2.24) is 10.3 Å². The van der Waals surface area contributed by atoms with Crippen LogP contribution < -0.4 is 5.32 Å². The van der Waals surface area contributed by atoms with E-state index < -0.39 is 0 Å². The van der Waals surface area contributed by atoms with E-state index in [1.54, 1.807) is 7.11 Å². The van der Waals surface area contributed by atoms with Crippen LogP contribution in [0, 0.1) is 0 Å². The molecule has 1 N–H and O–H groups in total. The highest BCUT2D eigenvalue weighted by Gasteiger charge is 2.30. The van der Waals surface area contributed by atoms with Gasteiger partial charge in [-0.2, -0.15) is 0 Å². The molecule has 1 aromatic heterocycles. The molecule has 4 heteroatoms. The fraction of sp³-hybridized carbons (Fsp3) is 0.750. The molecule has 2 rings (SSSR count). The second kappa shape index (κ2) is 5.25. The number of hydrogen-bond donors (Lipinski definition) is 1. The van der Waals surface area contributed by atoms with E-state index in [2.05, 4.69) is 24.1 Å². The zero-order chi connectivity index (χ0) is 11.5. The first kappa shape index (κ1) is 12.0. The Labute approximate surface area is 101 Å². The summed E-state index contributed by atoms with van der Waals surface area (Å²) in [6.07, 6.45) is 5.81. The molecule has 0 spiro atoms. The fourth-order valence-electron chi connectivity index (χ4n) is 2.01. The van der Waals surface area contributed by atoms with E-state index in [1.807, 2.05) is 17.5 Å². The van der Waals surface area contributed by atoms with Crippen LogP contribution in [0.2, 0.25) is 0 Å². The van der Waals surface area contributed by atoms with E-state index in [4.69, 9.17) is 4.74 Å². The maximum atomic E-state index is 5.27. The molecule has 1 aliphatic carbocycles. The highest BCUT2D eigenvalue weighted by atomic mass is 32.1. The number of aryl methyl sites for hydroxylation is 1. The summed E-state index contributed by atoms with van der Waals surface area (Å²) in [5.74, 6) is 0. The van der Waals surface area contributed by atoms with Gasteiger partial charge in [0.1, 0.15) is 5.01 Å². The van der Waals surface area contributed by atoms with Gasteiger partial charge in [-0.3, -0.25) is 0 Å². The van der Waals surface area contributed by atoms with E-state index >= 15 is 0 Å². The van der Waals surface area contributed by atoms with Crippen LogP contribution in [0.15, 0.2) is 6.20 Å². The average molecular weight is 240 g/mol. The first-order valence-electron chi connectivity index (χ1n) is 5.96. The molecule has 0 aromatic carbocycles. The largest absolute Gasteiger partial charge is 0.381 e. The minimum absolute atomic E-state index is 0.369. The summed E-state index contributed by atoms with van der Waals surface area (Å²) in [5.41, 5.74) is 0. The molecule has 1 atom stereocenters. The summed E-state index contributed by atoms with van der Waals surface area (Å²) in [4.78, 5) is 5.83. The zero-order valence-corrected chi connectivity index (χ0v) is 11.0. The van der Waals surface area contributed by atoms with Gasteiger partial charge >= 0.3 is 0 Å². The number of nitrogens with zero attached hydrogens (tertiary/aromatic N) is 1. The van der Waals surface area contributed by atoms with Crippen LogP contribution in [0.25, 0.3) is 0 Å². The van der Waals surface area contributed by atoms with Crippen molar-refractivity contribution in [3.8, 4) is 0 Å². The zero-order valence-electron chi connectivity index (χ0n) is 10.2. The number of hydrogen-bond acceptors (Lipinski definition) is 4. The summed E-state index contributed by atoms with van der Waals surface area (Å²) in [6.45, 7) is 4.36.